The van der Waals surface area contributed by atoms with E-state index in [1.165, 1.54) is 23.4 Å². The number of carbonyl (C=O) groups excluding carboxylic acids is 2. The van der Waals surface area contributed by atoms with Crippen molar-refractivity contribution in [2.75, 3.05) is 18.6 Å². The van der Waals surface area contributed by atoms with Gasteiger partial charge in [-0.05, 0) is 24.3 Å². The summed E-state index contributed by atoms with van der Waals surface area (Å²) in [6.45, 7) is 3.35. The zero-order valence-electron chi connectivity index (χ0n) is 16.2. The van der Waals surface area contributed by atoms with E-state index in [0.29, 0.717) is 10.5 Å². The van der Waals surface area contributed by atoms with Crippen LogP contribution >= 0.6 is 11.8 Å². The number of nitrogens with two attached hydrogens (primary N) is 1. The maximum atomic E-state index is 12.6. The highest BCUT2D eigenvalue weighted by Gasteiger charge is 2.23. The summed E-state index contributed by atoms with van der Waals surface area (Å²) >= 11 is 1.37. The van der Waals surface area contributed by atoms with Gasteiger partial charge < -0.3 is 10.5 Å². The number of thioether (sulfide) groups is 1. The second-order valence-corrected chi connectivity index (χ2v) is 7.46. The van der Waals surface area contributed by atoms with Crippen molar-refractivity contribution in [2.45, 2.75) is 25.3 Å². The standard InChI is InChI=1S/C19H23N3O5S/c1-11(2)9-22-16(20)15(17(24)21(3)19(22)26)13(23)10-27-18(25)12-7-5-6-8-14(12)28-4/h5-8,11H,9-10,20H2,1-4H3. The van der Waals surface area contributed by atoms with Crippen molar-refractivity contribution in [2.24, 2.45) is 13.0 Å². The number of anilines is 1. The summed E-state index contributed by atoms with van der Waals surface area (Å²) in [5, 5.41) is 0. The summed E-state index contributed by atoms with van der Waals surface area (Å²) in [5.41, 5.74) is 4.51. The third-order valence-corrected chi connectivity index (χ3v) is 4.87. The number of benzene rings is 1. The van der Waals surface area contributed by atoms with Crippen molar-refractivity contribution in [3.63, 3.8) is 0 Å². The van der Waals surface area contributed by atoms with Gasteiger partial charge in [0.05, 0.1) is 5.56 Å². The number of ketones is 1. The Morgan fingerprint density at radius 2 is 1.86 bits per heavy atom. The molecule has 2 rings (SSSR count). The first-order valence-corrected chi connectivity index (χ1v) is 9.84. The van der Waals surface area contributed by atoms with Crippen LogP contribution in [0.1, 0.15) is 34.6 Å². The molecule has 2 N–H and O–H groups in total. The molecule has 0 bridgehead atoms. The largest absolute Gasteiger partial charge is 0.454 e. The van der Waals surface area contributed by atoms with Gasteiger partial charge in [-0.3, -0.25) is 18.7 Å². The van der Waals surface area contributed by atoms with E-state index in [1.807, 2.05) is 20.1 Å². The molecule has 0 radical (unpaired) electrons. The van der Waals surface area contributed by atoms with E-state index in [0.717, 1.165) is 4.57 Å². The number of nitrogens with zero attached hydrogens (tertiary/aromatic N) is 2. The van der Waals surface area contributed by atoms with Crippen LogP contribution in [0, 0.1) is 5.92 Å². The van der Waals surface area contributed by atoms with Gasteiger partial charge in [-0.15, -0.1) is 11.8 Å². The fourth-order valence-corrected chi connectivity index (χ4v) is 3.27. The number of hydrogen-bond donors (Lipinski definition) is 1. The Labute approximate surface area is 166 Å². The minimum atomic E-state index is -0.812. The molecule has 28 heavy (non-hydrogen) atoms. The third-order valence-electron chi connectivity index (χ3n) is 4.07. The Hall–Kier alpha value is -2.81. The summed E-state index contributed by atoms with van der Waals surface area (Å²) < 4.78 is 7.11. The lowest BCUT2D eigenvalue weighted by atomic mass is 10.1. The van der Waals surface area contributed by atoms with Gasteiger partial charge in [-0.2, -0.15) is 0 Å². The molecule has 1 heterocycles. The van der Waals surface area contributed by atoms with Crippen LogP contribution in [0.4, 0.5) is 5.82 Å². The Balaban J connectivity index is 2.32. The van der Waals surface area contributed by atoms with Crippen LogP contribution in [0.3, 0.4) is 0 Å². The average Bonchev–Trinajstić information content (AvgIpc) is 2.67. The van der Waals surface area contributed by atoms with E-state index in [1.54, 1.807) is 24.3 Å². The fraction of sp³-hybridized carbons (Fsp3) is 0.368. The van der Waals surface area contributed by atoms with E-state index < -0.39 is 29.6 Å². The van der Waals surface area contributed by atoms with E-state index in [2.05, 4.69) is 0 Å². The molecule has 0 fully saturated rings. The van der Waals surface area contributed by atoms with E-state index in [9.17, 15) is 19.2 Å². The maximum absolute atomic E-state index is 12.6. The highest BCUT2D eigenvalue weighted by Crippen LogP contribution is 2.20. The summed E-state index contributed by atoms with van der Waals surface area (Å²) in [6, 6.07) is 6.83. The van der Waals surface area contributed by atoms with Gasteiger partial charge in [-0.25, -0.2) is 9.59 Å². The van der Waals surface area contributed by atoms with Crippen LogP contribution in [0.25, 0.3) is 0 Å². The predicted octanol–water partition coefficient (Wildman–Crippen LogP) is 1.55. The van der Waals surface area contributed by atoms with Gasteiger partial charge in [0.15, 0.2) is 6.61 Å². The molecule has 1 aromatic carbocycles. The zero-order valence-corrected chi connectivity index (χ0v) is 17.0. The van der Waals surface area contributed by atoms with Crippen molar-refractivity contribution in [1.82, 2.24) is 9.13 Å². The van der Waals surface area contributed by atoms with Gasteiger partial charge in [0.25, 0.3) is 5.56 Å². The number of ether oxygens (including phenoxy) is 1. The summed E-state index contributed by atoms with van der Waals surface area (Å²) in [7, 11) is 1.28. The Bertz CT molecular complexity index is 1020. The number of nitrogen functional groups attached to an aromatic ring is 1. The van der Waals surface area contributed by atoms with Gasteiger partial charge in [0.2, 0.25) is 5.78 Å². The first-order valence-electron chi connectivity index (χ1n) is 8.61. The fourth-order valence-electron chi connectivity index (χ4n) is 2.68. The van der Waals surface area contributed by atoms with Crippen molar-refractivity contribution >= 4 is 29.3 Å². The average molecular weight is 405 g/mol. The molecule has 0 amide bonds. The minimum absolute atomic E-state index is 0.0707. The molecule has 0 aliphatic rings. The molecular formula is C19H23N3O5S. The van der Waals surface area contributed by atoms with Crippen molar-refractivity contribution in [1.29, 1.82) is 0 Å². The lowest BCUT2D eigenvalue weighted by Crippen LogP contribution is -2.43. The van der Waals surface area contributed by atoms with Crippen LogP contribution in [0.15, 0.2) is 38.8 Å². The molecule has 0 aliphatic heterocycles. The molecule has 2 aromatic rings. The number of hydrogen-bond acceptors (Lipinski definition) is 7. The summed E-state index contributed by atoms with van der Waals surface area (Å²) in [4.78, 5) is 50.3. The molecule has 150 valence electrons. The SMILES string of the molecule is CSc1ccccc1C(=O)OCC(=O)c1c(N)n(CC(C)C)c(=O)n(C)c1=O. The topological polar surface area (TPSA) is 113 Å². The van der Waals surface area contributed by atoms with E-state index in [-0.39, 0.29) is 23.8 Å². The number of esters is 1. The van der Waals surface area contributed by atoms with E-state index in [4.69, 9.17) is 10.5 Å². The Morgan fingerprint density at radius 3 is 2.46 bits per heavy atom. The van der Waals surface area contributed by atoms with Gasteiger partial charge in [-0.1, -0.05) is 26.0 Å². The molecule has 8 nitrogen and oxygen atoms in total. The first-order chi connectivity index (χ1) is 13.2. The van der Waals surface area contributed by atoms with Gasteiger partial charge in [0, 0.05) is 18.5 Å². The zero-order chi connectivity index (χ0) is 21.0. The monoisotopic (exact) mass is 405 g/mol. The second kappa shape index (κ2) is 8.92. The van der Waals surface area contributed by atoms with Crippen LogP contribution in [-0.4, -0.2) is 33.7 Å². The summed E-state index contributed by atoms with van der Waals surface area (Å²) in [5.74, 6) is -1.58. The lowest BCUT2D eigenvalue weighted by molar-refractivity contribution is 0.0470. The van der Waals surface area contributed by atoms with Crippen molar-refractivity contribution in [3.05, 3.63) is 56.2 Å². The molecule has 9 heteroatoms. The first kappa shape index (κ1) is 21.5. The minimum Gasteiger partial charge on any atom is -0.454 e. The highest BCUT2D eigenvalue weighted by atomic mass is 32.2. The number of aromatic nitrogens is 2. The number of carbonyl (C=O) groups is 2. The molecule has 0 saturated heterocycles. The van der Waals surface area contributed by atoms with Crippen LogP contribution in [-0.2, 0) is 18.3 Å². The molecule has 0 spiro atoms. The normalized spacial score (nSPS) is 10.9. The molecular weight excluding hydrogens is 382 g/mol. The summed E-state index contributed by atoms with van der Waals surface area (Å²) in [6.07, 6.45) is 1.82. The third kappa shape index (κ3) is 4.36. The number of Topliss-reactive ketones (excluding diaryl/α,β-unsaturated/α-hetero) is 1. The van der Waals surface area contributed by atoms with Gasteiger partial charge >= 0.3 is 11.7 Å². The van der Waals surface area contributed by atoms with Crippen LogP contribution in [0.5, 0.6) is 0 Å². The van der Waals surface area contributed by atoms with Crippen molar-refractivity contribution < 1.29 is 14.3 Å². The number of rotatable bonds is 7. The lowest BCUT2D eigenvalue weighted by Gasteiger charge is -2.16. The second-order valence-electron chi connectivity index (χ2n) is 6.61. The molecule has 0 aliphatic carbocycles. The quantitative estimate of drug-likeness (QED) is 0.422. The Morgan fingerprint density at radius 1 is 1.21 bits per heavy atom. The van der Waals surface area contributed by atoms with Gasteiger partial charge in [0.1, 0.15) is 11.4 Å². The molecule has 0 unspecified atom stereocenters. The molecule has 0 saturated carbocycles. The Kier molecular flexibility index (Phi) is 6.85. The van der Waals surface area contributed by atoms with Crippen LogP contribution in [0.2, 0.25) is 0 Å². The van der Waals surface area contributed by atoms with E-state index >= 15 is 0 Å². The smallest absolute Gasteiger partial charge is 0.339 e. The highest BCUT2D eigenvalue weighted by molar-refractivity contribution is 7.98. The maximum Gasteiger partial charge on any atom is 0.339 e. The predicted molar refractivity (Wildman–Crippen MR) is 108 cm³/mol. The molecule has 1 aromatic heterocycles. The molecule has 0 atom stereocenters. The van der Waals surface area contributed by atoms with Crippen LogP contribution < -0.4 is 17.0 Å². The van der Waals surface area contributed by atoms with Crippen molar-refractivity contribution in [3.8, 4) is 0 Å².